The van der Waals surface area contributed by atoms with Crippen molar-refractivity contribution < 1.29 is 4.74 Å². The van der Waals surface area contributed by atoms with Crippen molar-refractivity contribution in [1.82, 2.24) is 39.3 Å². The third-order valence-corrected chi connectivity index (χ3v) is 7.38. The molecule has 6 heterocycles. The molecule has 0 unspecified atom stereocenters. The van der Waals surface area contributed by atoms with E-state index in [0.29, 0.717) is 11.4 Å². The van der Waals surface area contributed by atoms with Gasteiger partial charge in [-0.3, -0.25) is 4.68 Å². The van der Waals surface area contributed by atoms with Gasteiger partial charge in [0.15, 0.2) is 11.2 Å². The zero-order chi connectivity index (χ0) is 23.4. The highest BCUT2D eigenvalue weighted by Gasteiger charge is 2.28. The van der Waals surface area contributed by atoms with E-state index in [1.165, 1.54) is 4.88 Å². The number of anilines is 1. The van der Waals surface area contributed by atoms with Gasteiger partial charge in [0, 0.05) is 37.1 Å². The van der Waals surface area contributed by atoms with Crippen LogP contribution in [0.25, 0.3) is 32.8 Å². The largest absolute Gasteiger partial charge is 0.471 e. The number of imidazole rings is 1. The molecule has 1 fully saturated rings. The van der Waals surface area contributed by atoms with Crippen molar-refractivity contribution in [3.05, 3.63) is 35.5 Å². The molecule has 0 amide bonds. The maximum Gasteiger partial charge on any atom is 0.245 e. The number of ether oxygens (including phenoxy) is 1. The molecule has 10 nitrogen and oxygen atoms in total. The lowest BCUT2D eigenvalue weighted by Gasteiger charge is -2.18. The standard InChI is InChI=1S/C23H25N9OS/c1-5-32-14(3)17(9-28-32)20-29-18-21(30(20)4)25-11-26-22(18)33-15-6-7-31(10-15)19-16-8-13(2)34-23(16)27-12-24-19/h8-9,11-12,15H,5-7,10H2,1-4H3/t15-/m0/s1. The predicted octanol–water partition coefficient (Wildman–Crippen LogP) is 3.53. The molecular formula is C23H25N9OS. The summed E-state index contributed by atoms with van der Waals surface area (Å²) in [4.78, 5) is 27.3. The number of hydrogen-bond acceptors (Lipinski definition) is 9. The highest BCUT2D eigenvalue weighted by molar-refractivity contribution is 7.18. The van der Waals surface area contributed by atoms with Crippen molar-refractivity contribution in [2.45, 2.75) is 39.8 Å². The van der Waals surface area contributed by atoms with Crippen LogP contribution >= 0.6 is 11.3 Å². The van der Waals surface area contributed by atoms with Gasteiger partial charge in [-0.2, -0.15) is 10.1 Å². The summed E-state index contributed by atoms with van der Waals surface area (Å²) in [6, 6.07) is 2.16. The second-order valence-electron chi connectivity index (χ2n) is 8.55. The first-order chi connectivity index (χ1) is 16.5. The summed E-state index contributed by atoms with van der Waals surface area (Å²) in [6.07, 6.45) is 5.91. The number of nitrogens with zero attached hydrogens (tertiary/aromatic N) is 9. The van der Waals surface area contributed by atoms with E-state index < -0.39 is 0 Å². The van der Waals surface area contributed by atoms with E-state index in [0.717, 1.165) is 64.8 Å². The molecule has 11 heteroatoms. The molecule has 1 aliphatic rings. The second-order valence-corrected chi connectivity index (χ2v) is 9.79. The monoisotopic (exact) mass is 475 g/mol. The average Bonchev–Trinajstić information content (AvgIpc) is 3.60. The Morgan fingerprint density at radius 3 is 2.82 bits per heavy atom. The van der Waals surface area contributed by atoms with Crippen LogP contribution in [0.4, 0.5) is 5.82 Å². The summed E-state index contributed by atoms with van der Waals surface area (Å²) in [7, 11) is 1.96. The fourth-order valence-electron chi connectivity index (χ4n) is 4.68. The number of thiophene rings is 1. The molecule has 0 aliphatic carbocycles. The highest BCUT2D eigenvalue weighted by Crippen LogP contribution is 2.33. The quantitative estimate of drug-likeness (QED) is 0.381. The fraction of sp³-hybridized carbons (Fsp3) is 0.391. The van der Waals surface area contributed by atoms with Gasteiger partial charge >= 0.3 is 0 Å². The Morgan fingerprint density at radius 2 is 2.00 bits per heavy atom. The number of aromatic nitrogens is 8. The number of hydrogen-bond donors (Lipinski definition) is 0. The molecular weight excluding hydrogens is 450 g/mol. The molecule has 5 aromatic heterocycles. The van der Waals surface area contributed by atoms with Gasteiger partial charge in [-0.25, -0.2) is 19.9 Å². The molecule has 0 spiro atoms. The van der Waals surface area contributed by atoms with Crippen LogP contribution in [0.3, 0.4) is 0 Å². The van der Waals surface area contributed by atoms with E-state index in [1.807, 2.05) is 22.5 Å². The minimum atomic E-state index is -0.0159. The van der Waals surface area contributed by atoms with Crippen LogP contribution in [-0.4, -0.2) is 58.5 Å². The number of fused-ring (bicyclic) bond motifs is 2. The van der Waals surface area contributed by atoms with E-state index in [2.05, 4.69) is 56.8 Å². The lowest BCUT2D eigenvalue weighted by molar-refractivity contribution is 0.218. The second kappa shape index (κ2) is 8.01. The first kappa shape index (κ1) is 21.0. The minimum Gasteiger partial charge on any atom is -0.471 e. The third-order valence-electron chi connectivity index (χ3n) is 6.42. The number of rotatable bonds is 5. The summed E-state index contributed by atoms with van der Waals surface area (Å²) >= 11 is 1.69. The van der Waals surface area contributed by atoms with Crippen LogP contribution in [0.15, 0.2) is 24.9 Å². The lowest BCUT2D eigenvalue weighted by Crippen LogP contribution is -2.25. The molecule has 0 bridgehead atoms. The summed E-state index contributed by atoms with van der Waals surface area (Å²) < 4.78 is 10.3. The van der Waals surface area contributed by atoms with Crippen LogP contribution in [0, 0.1) is 13.8 Å². The molecule has 1 aliphatic heterocycles. The van der Waals surface area contributed by atoms with Crippen LogP contribution < -0.4 is 9.64 Å². The van der Waals surface area contributed by atoms with Gasteiger partial charge in [-0.1, -0.05) is 0 Å². The van der Waals surface area contributed by atoms with E-state index in [4.69, 9.17) is 9.72 Å². The molecule has 6 rings (SSSR count). The SMILES string of the molecule is CCn1ncc(-c2nc3c(O[C@H]4CCN(c5ncnc6sc(C)cc56)C4)ncnc3n2C)c1C. The molecule has 34 heavy (non-hydrogen) atoms. The van der Waals surface area contributed by atoms with Gasteiger partial charge in [0.05, 0.1) is 23.7 Å². The molecule has 0 radical (unpaired) electrons. The van der Waals surface area contributed by atoms with Crippen LogP contribution in [-0.2, 0) is 13.6 Å². The Kier molecular flexibility index (Phi) is 4.94. The first-order valence-corrected chi connectivity index (χ1v) is 12.2. The van der Waals surface area contributed by atoms with Crippen LogP contribution in [0.5, 0.6) is 5.88 Å². The van der Waals surface area contributed by atoms with E-state index in [1.54, 1.807) is 24.0 Å². The molecule has 0 N–H and O–H groups in total. The topological polar surface area (TPSA) is 99.7 Å². The molecule has 0 saturated carbocycles. The molecule has 0 aromatic carbocycles. The molecule has 1 atom stereocenters. The van der Waals surface area contributed by atoms with Gasteiger partial charge in [0.1, 0.15) is 35.2 Å². The van der Waals surface area contributed by atoms with Gasteiger partial charge in [-0.05, 0) is 26.8 Å². The van der Waals surface area contributed by atoms with E-state index in [-0.39, 0.29) is 6.10 Å². The maximum atomic E-state index is 6.39. The smallest absolute Gasteiger partial charge is 0.245 e. The average molecular weight is 476 g/mol. The zero-order valence-electron chi connectivity index (χ0n) is 19.6. The minimum absolute atomic E-state index is 0.0159. The van der Waals surface area contributed by atoms with Crippen molar-refractivity contribution in [2.75, 3.05) is 18.0 Å². The molecule has 5 aromatic rings. The first-order valence-electron chi connectivity index (χ1n) is 11.4. The highest BCUT2D eigenvalue weighted by atomic mass is 32.1. The van der Waals surface area contributed by atoms with Crippen molar-refractivity contribution in [1.29, 1.82) is 0 Å². The van der Waals surface area contributed by atoms with Gasteiger partial charge in [0.2, 0.25) is 5.88 Å². The summed E-state index contributed by atoms with van der Waals surface area (Å²) in [5, 5.41) is 5.57. The van der Waals surface area contributed by atoms with Gasteiger partial charge in [-0.15, -0.1) is 11.3 Å². The molecule has 174 valence electrons. The van der Waals surface area contributed by atoms with E-state index in [9.17, 15) is 0 Å². The fourth-order valence-corrected chi connectivity index (χ4v) is 5.52. The van der Waals surface area contributed by atoms with Crippen molar-refractivity contribution in [3.63, 3.8) is 0 Å². The van der Waals surface area contributed by atoms with Crippen molar-refractivity contribution in [2.24, 2.45) is 7.05 Å². The number of aryl methyl sites for hydroxylation is 3. The third kappa shape index (κ3) is 3.30. The van der Waals surface area contributed by atoms with E-state index >= 15 is 0 Å². The summed E-state index contributed by atoms with van der Waals surface area (Å²) in [6.45, 7) is 8.64. The van der Waals surface area contributed by atoms with Crippen molar-refractivity contribution >= 4 is 38.5 Å². The lowest BCUT2D eigenvalue weighted by atomic mass is 10.2. The van der Waals surface area contributed by atoms with Crippen LogP contribution in [0.1, 0.15) is 23.9 Å². The predicted molar refractivity (Wildman–Crippen MR) is 131 cm³/mol. The van der Waals surface area contributed by atoms with Crippen molar-refractivity contribution in [3.8, 4) is 17.3 Å². The maximum absolute atomic E-state index is 6.39. The summed E-state index contributed by atoms with van der Waals surface area (Å²) in [5.41, 5.74) is 3.46. The van der Waals surface area contributed by atoms with Gasteiger partial charge < -0.3 is 14.2 Å². The molecule has 1 saturated heterocycles. The Labute approximate surface area is 200 Å². The Balaban J connectivity index is 1.29. The summed E-state index contributed by atoms with van der Waals surface area (Å²) in [5.74, 6) is 2.29. The van der Waals surface area contributed by atoms with Gasteiger partial charge in [0.25, 0.3) is 0 Å². The normalized spacial score (nSPS) is 16.2. The zero-order valence-corrected chi connectivity index (χ0v) is 20.4. The van der Waals surface area contributed by atoms with Crippen LogP contribution in [0.2, 0.25) is 0 Å². The Bertz CT molecular complexity index is 1520. The Hall–Kier alpha value is -3.60. The Morgan fingerprint density at radius 1 is 1.15 bits per heavy atom.